The molecule has 1 N–H and O–H groups in total. The van der Waals surface area contributed by atoms with Crippen LogP contribution in [0.3, 0.4) is 0 Å². The summed E-state index contributed by atoms with van der Waals surface area (Å²) in [6.45, 7) is 5.31. The molecule has 4 nitrogen and oxygen atoms in total. The van der Waals surface area contributed by atoms with Crippen LogP contribution in [-0.2, 0) is 0 Å². The Hall–Kier alpha value is -1.45. The second-order valence-corrected chi connectivity index (χ2v) is 2.13. The number of hydrogen-bond acceptors (Lipinski definition) is 3. The predicted molar refractivity (Wildman–Crippen MR) is 46.1 cm³/mol. The predicted octanol–water partition coefficient (Wildman–Crippen LogP) is 1.10. The first-order valence-corrected chi connectivity index (χ1v) is 3.23. The van der Waals surface area contributed by atoms with E-state index in [1.54, 1.807) is 13.3 Å². The van der Waals surface area contributed by atoms with Crippen LogP contribution in [0.25, 0.3) is 0 Å². The van der Waals surface area contributed by atoms with Gasteiger partial charge < -0.3 is 0 Å². The smallest absolute Gasteiger partial charge is 0.182 e. The molecule has 0 radical (unpaired) electrons. The number of nitrogens with one attached hydrogen (secondary N) is 1. The van der Waals surface area contributed by atoms with Crippen molar-refractivity contribution < 1.29 is 0 Å². The Morgan fingerprint density at radius 1 is 1.64 bits per heavy atom. The van der Waals surface area contributed by atoms with E-state index < -0.39 is 0 Å². The van der Waals surface area contributed by atoms with Gasteiger partial charge in [-0.3, -0.25) is 10.1 Å². The van der Waals surface area contributed by atoms with Gasteiger partial charge in [0.2, 0.25) is 0 Å². The number of aliphatic imine (C=N–C) groups is 2. The molecule has 11 heavy (non-hydrogen) atoms. The van der Waals surface area contributed by atoms with Crippen molar-refractivity contribution in [2.45, 2.75) is 6.92 Å². The lowest BCUT2D eigenvalue weighted by Crippen LogP contribution is -1.81. The number of aryl methyl sites for hydroxylation is 1. The van der Waals surface area contributed by atoms with Crippen molar-refractivity contribution in [3.63, 3.8) is 0 Å². The molecule has 0 aliphatic carbocycles. The molecule has 0 aliphatic rings. The van der Waals surface area contributed by atoms with Gasteiger partial charge >= 0.3 is 0 Å². The molecule has 1 aromatic rings. The fourth-order valence-electron chi connectivity index (χ4n) is 0.829. The van der Waals surface area contributed by atoms with Crippen molar-refractivity contribution in [1.82, 2.24) is 10.2 Å². The van der Waals surface area contributed by atoms with Crippen LogP contribution in [0, 0.1) is 6.92 Å². The fourth-order valence-corrected chi connectivity index (χ4v) is 0.829. The van der Waals surface area contributed by atoms with Crippen LogP contribution in [0.15, 0.2) is 9.98 Å². The van der Waals surface area contributed by atoms with E-state index in [9.17, 15) is 0 Å². The van der Waals surface area contributed by atoms with Gasteiger partial charge in [-0.25, -0.2) is 4.99 Å². The summed E-state index contributed by atoms with van der Waals surface area (Å²) in [6.07, 6.45) is 1.71. The van der Waals surface area contributed by atoms with Gasteiger partial charge in [0.1, 0.15) is 0 Å². The largest absolute Gasteiger partial charge is 0.296 e. The Morgan fingerprint density at radius 2 is 2.36 bits per heavy atom. The number of rotatable bonds is 2. The van der Waals surface area contributed by atoms with E-state index in [0.717, 1.165) is 11.3 Å². The highest BCUT2D eigenvalue weighted by atomic mass is 15.2. The average molecular weight is 150 g/mol. The third kappa shape index (κ3) is 1.34. The summed E-state index contributed by atoms with van der Waals surface area (Å²) in [5, 5.41) is 6.71. The zero-order valence-electron chi connectivity index (χ0n) is 6.63. The first kappa shape index (κ1) is 7.65. The number of H-pyrrole nitrogens is 1. The summed E-state index contributed by atoms with van der Waals surface area (Å²) in [5.74, 6) is 0.605. The molecule has 0 atom stereocenters. The summed E-state index contributed by atoms with van der Waals surface area (Å²) in [4.78, 5) is 7.60. The maximum atomic E-state index is 3.91. The molecule has 0 bridgehead atoms. The van der Waals surface area contributed by atoms with E-state index in [1.807, 2.05) is 6.92 Å². The third-order valence-electron chi connectivity index (χ3n) is 1.38. The molecule has 0 aliphatic heterocycles. The van der Waals surface area contributed by atoms with Gasteiger partial charge in [0, 0.05) is 19.0 Å². The fraction of sp³-hybridized carbons (Fsp3) is 0.286. The van der Waals surface area contributed by atoms with Crippen LogP contribution in [0.1, 0.15) is 11.3 Å². The average Bonchev–Trinajstić information content (AvgIpc) is 2.34. The van der Waals surface area contributed by atoms with Crippen LogP contribution in [-0.4, -0.2) is 30.2 Å². The highest BCUT2D eigenvalue weighted by Gasteiger charge is 2.04. The van der Waals surface area contributed by atoms with Crippen LogP contribution in [0.4, 0.5) is 5.82 Å². The summed E-state index contributed by atoms with van der Waals surface area (Å²) in [6, 6.07) is 0. The highest BCUT2D eigenvalue weighted by molar-refractivity contribution is 5.87. The quantitative estimate of drug-likeness (QED) is 0.630. The minimum atomic E-state index is 0.605. The molecule has 0 unspecified atom stereocenters. The van der Waals surface area contributed by atoms with Gasteiger partial charge in [0.25, 0.3) is 0 Å². The standard InChI is InChI=1S/C7H10N4/c1-5-6(4-8-2)7(9-3)11-10-5/h4H,3H2,1-2H3,(H,10,11). The van der Waals surface area contributed by atoms with Crippen molar-refractivity contribution in [2.75, 3.05) is 7.05 Å². The summed E-state index contributed by atoms with van der Waals surface area (Å²) in [5.41, 5.74) is 1.86. The number of hydrogen-bond donors (Lipinski definition) is 1. The third-order valence-corrected chi connectivity index (χ3v) is 1.38. The molecule has 0 aromatic carbocycles. The topological polar surface area (TPSA) is 53.4 Å². The minimum absolute atomic E-state index is 0.605. The van der Waals surface area contributed by atoms with Crippen molar-refractivity contribution >= 4 is 18.7 Å². The molecule has 58 valence electrons. The minimum Gasteiger partial charge on any atom is -0.296 e. The van der Waals surface area contributed by atoms with Crippen molar-refractivity contribution in [3.8, 4) is 0 Å². The van der Waals surface area contributed by atoms with Gasteiger partial charge in [-0.05, 0) is 13.6 Å². The molecular formula is C7H10N4. The van der Waals surface area contributed by atoms with Crippen LogP contribution in [0.2, 0.25) is 0 Å². The monoisotopic (exact) mass is 150 g/mol. The lowest BCUT2D eigenvalue weighted by Gasteiger charge is -1.87. The van der Waals surface area contributed by atoms with E-state index >= 15 is 0 Å². The summed E-state index contributed by atoms with van der Waals surface area (Å²) >= 11 is 0. The number of aromatic amines is 1. The molecule has 1 rings (SSSR count). The van der Waals surface area contributed by atoms with Crippen molar-refractivity contribution in [2.24, 2.45) is 9.98 Å². The van der Waals surface area contributed by atoms with E-state index in [0.29, 0.717) is 5.82 Å². The molecule has 0 spiro atoms. The van der Waals surface area contributed by atoms with Crippen LogP contribution < -0.4 is 0 Å². The zero-order chi connectivity index (χ0) is 8.27. The second-order valence-electron chi connectivity index (χ2n) is 2.13. The Morgan fingerprint density at radius 3 is 2.91 bits per heavy atom. The molecule has 0 fully saturated rings. The molecule has 0 saturated carbocycles. The van der Waals surface area contributed by atoms with E-state index in [2.05, 4.69) is 26.9 Å². The van der Waals surface area contributed by atoms with Crippen LogP contribution in [0.5, 0.6) is 0 Å². The Balaban J connectivity index is 3.17. The summed E-state index contributed by atoms with van der Waals surface area (Å²) in [7, 11) is 1.71. The van der Waals surface area contributed by atoms with Gasteiger partial charge in [0.05, 0.1) is 5.56 Å². The van der Waals surface area contributed by atoms with Gasteiger partial charge in [-0.1, -0.05) is 0 Å². The van der Waals surface area contributed by atoms with Crippen LogP contribution >= 0.6 is 0 Å². The molecule has 1 heterocycles. The Labute approximate surface area is 65.1 Å². The number of aromatic nitrogens is 2. The molecule has 0 amide bonds. The van der Waals surface area contributed by atoms with Gasteiger partial charge in [-0.2, -0.15) is 5.10 Å². The number of nitrogens with zero attached hydrogens (tertiary/aromatic N) is 3. The molecule has 4 heteroatoms. The molecular weight excluding hydrogens is 140 g/mol. The normalized spacial score (nSPS) is 10.7. The van der Waals surface area contributed by atoms with E-state index in [4.69, 9.17) is 0 Å². The first-order valence-electron chi connectivity index (χ1n) is 3.23. The second kappa shape index (κ2) is 3.09. The highest BCUT2D eigenvalue weighted by Crippen LogP contribution is 2.15. The van der Waals surface area contributed by atoms with E-state index in [1.165, 1.54) is 0 Å². The Kier molecular flexibility index (Phi) is 2.15. The SMILES string of the molecule is C=Nc1n[nH]c(C)c1C=NC. The Bertz CT molecular complexity index is 285. The maximum absolute atomic E-state index is 3.91. The first-order chi connectivity index (χ1) is 5.29. The molecule has 0 saturated heterocycles. The van der Waals surface area contributed by atoms with Gasteiger partial charge in [-0.15, -0.1) is 0 Å². The lowest BCUT2D eigenvalue weighted by atomic mass is 10.3. The summed E-state index contributed by atoms with van der Waals surface area (Å²) < 4.78 is 0. The maximum Gasteiger partial charge on any atom is 0.182 e. The lowest BCUT2D eigenvalue weighted by molar-refractivity contribution is 1.04. The van der Waals surface area contributed by atoms with Crippen molar-refractivity contribution in [1.29, 1.82) is 0 Å². The van der Waals surface area contributed by atoms with Crippen molar-refractivity contribution in [3.05, 3.63) is 11.3 Å². The zero-order valence-corrected chi connectivity index (χ0v) is 6.63. The van der Waals surface area contributed by atoms with Gasteiger partial charge in [0.15, 0.2) is 5.82 Å². The molecule has 1 aromatic heterocycles. The van der Waals surface area contributed by atoms with E-state index in [-0.39, 0.29) is 0 Å².